The van der Waals surface area contributed by atoms with Gasteiger partial charge in [-0.1, -0.05) is 34.4 Å². The first-order valence-corrected chi connectivity index (χ1v) is 5.89. The van der Waals surface area contributed by atoms with Crippen LogP contribution in [0.2, 0.25) is 0 Å². The second kappa shape index (κ2) is 4.83. The maximum Gasteiger partial charge on any atom is -0.00121 e. The number of hydrogen-bond donors (Lipinski definition) is 0. The molecule has 2 atom stereocenters. The van der Waals surface area contributed by atoms with Crippen molar-refractivity contribution in [3.8, 4) is 0 Å². The number of rotatable bonds is 2. The van der Waals surface area contributed by atoms with E-state index in [9.17, 15) is 0 Å². The highest BCUT2D eigenvalue weighted by atomic mass is 14.3. The largest absolute Gasteiger partial charge is 0.0798 e. The number of allylic oxidation sites excluding steroid dienone is 6. The van der Waals surface area contributed by atoms with Crippen molar-refractivity contribution in [3.63, 3.8) is 0 Å². The molecule has 0 heteroatoms. The Labute approximate surface area is 94.8 Å². The molecule has 0 heterocycles. The average Bonchev–Trinajstić information content (AvgIpc) is 2.32. The predicted molar refractivity (Wildman–Crippen MR) is 68.8 cm³/mol. The zero-order chi connectivity index (χ0) is 11.6. The molecule has 0 spiro atoms. The van der Waals surface area contributed by atoms with Crippen LogP contribution in [0.25, 0.3) is 0 Å². The van der Waals surface area contributed by atoms with Crippen LogP contribution in [-0.2, 0) is 0 Å². The van der Waals surface area contributed by atoms with E-state index in [2.05, 4.69) is 53.7 Å². The van der Waals surface area contributed by atoms with Gasteiger partial charge in [-0.15, -0.1) is 0 Å². The van der Waals surface area contributed by atoms with Crippen LogP contribution in [-0.4, -0.2) is 0 Å². The smallest absolute Gasteiger partial charge is 0.00121 e. The van der Waals surface area contributed by atoms with Crippen LogP contribution < -0.4 is 0 Å². The molecule has 84 valence electrons. The second-order valence-corrected chi connectivity index (χ2v) is 5.30. The van der Waals surface area contributed by atoms with Crippen molar-refractivity contribution in [1.29, 1.82) is 0 Å². The third-order valence-corrected chi connectivity index (χ3v) is 3.31. The van der Waals surface area contributed by atoms with E-state index in [0.717, 1.165) is 0 Å². The van der Waals surface area contributed by atoms with Gasteiger partial charge < -0.3 is 0 Å². The Balaban J connectivity index is 2.88. The molecule has 1 aliphatic carbocycles. The monoisotopic (exact) mass is 204 g/mol. The Morgan fingerprint density at radius 1 is 0.867 bits per heavy atom. The van der Waals surface area contributed by atoms with E-state index in [1.54, 1.807) is 11.1 Å². The molecular weight excluding hydrogens is 180 g/mol. The molecule has 0 aromatic rings. The van der Waals surface area contributed by atoms with Crippen molar-refractivity contribution in [1.82, 2.24) is 0 Å². The van der Waals surface area contributed by atoms with E-state index in [1.165, 1.54) is 17.6 Å². The van der Waals surface area contributed by atoms with Gasteiger partial charge in [-0.2, -0.15) is 0 Å². The molecule has 0 aromatic heterocycles. The normalized spacial score (nSPS) is 25.5. The zero-order valence-electron chi connectivity index (χ0n) is 11.0. The molecule has 0 fully saturated rings. The van der Waals surface area contributed by atoms with E-state index >= 15 is 0 Å². The van der Waals surface area contributed by atoms with Crippen LogP contribution in [0.15, 0.2) is 34.4 Å². The average molecular weight is 204 g/mol. The minimum atomic E-state index is 0.676. The summed E-state index contributed by atoms with van der Waals surface area (Å²) in [7, 11) is 0. The first-order chi connectivity index (χ1) is 6.91. The van der Waals surface area contributed by atoms with Gasteiger partial charge >= 0.3 is 0 Å². The summed E-state index contributed by atoms with van der Waals surface area (Å²) in [6.07, 6.45) is 6.10. The van der Waals surface area contributed by atoms with Crippen LogP contribution in [0.4, 0.5) is 0 Å². The summed E-state index contributed by atoms with van der Waals surface area (Å²) < 4.78 is 0. The van der Waals surface area contributed by atoms with E-state index in [-0.39, 0.29) is 0 Å². The lowest BCUT2D eigenvalue weighted by molar-refractivity contribution is 0.644. The molecule has 1 aliphatic rings. The summed E-state index contributed by atoms with van der Waals surface area (Å²) in [5, 5.41) is 0. The Hall–Kier alpha value is -0.780. The predicted octanol–water partition coefficient (Wildman–Crippen LogP) is 4.89. The van der Waals surface area contributed by atoms with Crippen LogP contribution in [0.1, 0.15) is 48.0 Å². The van der Waals surface area contributed by atoms with Crippen LogP contribution in [0.3, 0.4) is 0 Å². The first-order valence-electron chi connectivity index (χ1n) is 5.89. The Bertz CT molecular complexity index is 286. The molecule has 15 heavy (non-hydrogen) atoms. The lowest BCUT2D eigenvalue weighted by Crippen LogP contribution is -1.96. The molecule has 0 nitrogen and oxygen atoms in total. The lowest BCUT2D eigenvalue weighted by Gasteiger charge is -2.08. The van der Waals surface area contributed by atoms with E-state index in [4.69, 9.17) is 0 Å². The summed E-state index contributed by atoms with van der Waals surface area (Å²) in [6, 6.07) is 0. The van der Waals surface area contributed by atoms with Crippen LogP contribution >= 0.6 is 0 Å². The van der Waals surface area contributed by atoms with E-state index in [0.29, 0.717) is 11.8 Å². The summed E-state index contributed by atoms with van der Waals surface area (Å²) in [4.78, 5) is 0. The Kier molecular flexibility index (Phi) is 3.96. The summed E-state index contributed by atoms with van der Waals surface area (Å²) in [6.45, 7) is 13.3. The third-order valence-electron chi connectivity index (χ3n) is 3.31. The fourth-order valence-corrected chi connectivity index (χ4v) is 2.40. The number of hydrogen-bond acceptors (Lipinski definition) is 0. The molecular formula is C15H24. The molecule has 0 amide bonds. The molecule has 0 aliphatic heterocycles. The maximum atomic E-state index is 2.41. The molecule has 2 unspecified atom stereocenters. The second-order valence-electron chi connectivity index (χ2n) is 5.30. The molecule has 0 radical (unpaired) electrons. The fraction of sp³-hybridized carbons (Fsp3) is 0.600. The Morgan fingerprint density at radius 3 is 1.47 bits per heavy atom. The molecule has 0 N–H and O–H groups in total. The highest BCUT2D eigenvalue weighted by molar-refractivity contribution is 5.31. The quantitative estimate of drug-likeness (QED) is 0.562. The van der Waals surface area contributed by atoms with Crippen LogP contribution in [0.5, 0.6) is 0 Å². The lowest BCUT2D eigenvalue weighted by atomic mass is 9.96. The summed E-state index contributed by atoms with van der Waals surface area (Å²) >= 11 is 0. The molecule has 1 rings (SSSR count). The van der Waals surface area contributed by atoms with Gasteiger partial charge in [-0.25, -0.2) is 0 Å². The minimum absolute atomic E-state index is 0.676. The SMILES string of the molecule is CC(C)=CC1CC(C=C(C)C)C(C)=C1C. The van der Waals surface area contributed by atoms with Crippen molar-refractivity contribution in [2.45, 2.75) is 48.0 Å². The van der Waals surface area contributed by atoms with Gasteiger partial charge in [-0.3, -0.25) is 0 Å². The van der Waals surface area contributed by atoms with Crippen molar-refractivity contribution in [3.05, 3.63) is 34.4 Å². The Morgan fingerprint density at radius 2 is 1.20 bits per heavy atom. The first kappa shape index (κ1) is 12.3. The van der Waals surface area contributed by atoms with Crippen LogP contribution in [0, 0.1) is 11.8 Å². The topological polar surface area (TPSA) is 0 Å². The molecule has 0 bridgehead atoms. The van der Waals surface area contributed by atoms with Crippen molar-refractivity contribution in [2.75, 3.05) is 0 Å². The van der Waals surface area contributed by atoms with Crippen molar-refractivity contribution < 1.29 is 0 Å². The van der Waals surface area contributed by atoms with E-state index < -0.39 is 0 Å². The highest BCUT2D eigenvalue weighted by Gasteiger charge is 2.25. The fourth-order valence-electron chi connectivity index (χ4n) is 2.40. The van der Waals surface area contributed by atoms with Crippen molar-refractivity contribution >= 4 is 0 Å². The highest BCUT2D eigenvalue weighted by Crippen LogP contribution is 2.38. The molecule has 0 saturated heterocycles. The third kappa shape index (κ3) is 3.09. The van der Waals surface area contributed by atoms with Gasteiger partial charge in [0.2, 0.25) is 0 Å². The van der Waals surface area contributed by atoms with Gasteiger partial charge in [-0.05, 0) is 59.8 Å². The summed E-state index contributed by atoms with van der Waals surface area (Å²) in [5.74, 6) is 1.35. The van der Waals surface area contributed by atoms with Crippen molar-refractivity contribution in [2.24, 2.45) is 11.8 Å². The van der Waals surface area contributed by atoms with Gasteiger partial charge in [0.1, 0.15) is 0 Å². The molecule has 0 saturated carbocycles. The standard InChI is InChI=1S/C15H24/c1-10(2)7-14-9-15(8-11(3)4)13(6)12(14)5/h7-8,14-15H,9H2,1-6H3. The minimum Gasteiger partial charge on any atom is -0.0798 e. The summed E-state index contributed by atoms with van der Waals surface area (Å²) in [5.41, 5.74) is 6.03. The van der Waals surface area contributed by atoms with Gasteiger partial charge in [0.25, 0.3) is 0 Å². The van der Waals surface area contributed by atoms with E-state index in [1.807, 2.05) is 0 Å². The van der Waals surface area contributed by atoms with Gasteiger partial charge in [0.05, 0.1) is 0 Å². The maximum absolute atomic E-state index is 2.41. The zero-order valence-corrected chi connectivity index (χ0v) is 11.0. The van der Waals surface area contributed by atoms with Gasteiger partial charge in [0.15, 0.2) is 0 Å². The molecule has 0 aromatic carbocycles. The van der Waals surface area contributed by atoms with Gasteiger partial charge in [0, 0.05) is 0 Å².